The summed E-state index contributed by atoms with van der Waals surface area (Å²) in [5.74, 6) is 1.41. The van der Waals surface area contributed by atoms with E-state index in [0.717, 1.165) is 40.2 Å². The van der Waals surface area contributed by atoms with Crippen LogP contribution < -0.4 is 10.1 Å². The summed E-state index contributed by atoms with van der Waals surface area (Å²) in [4.78, 5) is 17.0. The average molecular weight is 418 g/mol. The Hall–Kier alpha value is -2.75. The molecule has 0 fully saturated rings. The monoisotopic (exact) mass is 417 g/mol. The number of carbonyl (C=O) groups excluding carboxylic acids is 1. The van der Waals surface area contributed by atoms with Gasteiger partial charge in [-0.15, -0.1) is 5.10 Å². The van der Waals surface area contributed by atoms with Gasteiger partial charge >= 0.3 is 0 Å². The molecular weight excluding hydrogens is 390 g/mol. The first-order chi connectivity index (χ1) is 13.9. The molecule has 0 aliphatic heterocycles. The Bertz CT molecular complexity index is 1100. The lowest BCUT2D eigenvalue weighted by Gasteiger charge is -2.11. The van der Waals surface area contributed by atoms with Gasteiger partial charge in [-0.1, -0.05) is 0 Å². The zero-order valence-corrected chi connectivity index (χ0v) is 18.3. The molecule has 2 N–H and O–H groups in total. The summed E-state index contributed by atoms with van der Waals surface area (Å²) in [7, 11) is 3.45. The first kappa shape index (κ1) is 21.0. The van der Waals surface area contributed by atoms with Crippen molar-refractivity contribution >= 4 is 29.2 Å². The fourth-order valence-corrected chi connectivity index (χ4v) is 3.90. The minimum Gasteiger partial charge on any atom is -0.479 e. The van der Waals surface area contributed by atoms with E-state index in [2.05, 4.69) is 25.6 Å². The van der Waals surface area contributed by atoms with Crippen molar-refractivity contribution in [2.75, 3.05) is 13.7 Å². The topological polar surface area (TPSA) is 103 Å². The molecule has 29 heavy (non-hydrogen) atoms. The Labute approximate surface area is 174 Å². The molecule has 156 valence electrons. The maximum Gasteiger partial charge on any atom is 0.242 e. The van der Waals surface area contributed by atoms with E-state index in [4.69, 9.17) is 17.0 Å². The molecule has 0 bridgehead atoms. The summed E-state index contributed by atoms with van der Waals surface area (Å²) >= 11 is 5.18. The normalized spacial score (nSPS) is 11.2. The number of pyridine rings is 1. The molecule has 3 rings (SSSR count). The quantitative estimate of drug-likeness (QED) is 0.545. The molecule has 1 amide bonds. The third-order valence-electron chi connectivity index (χ3n) is 5.14. The Morgan fingerprint density at radius 1 is 1.31 bits per heavy atom. The van der Waals surface area contributed by atoms with Crippen LogP contribution in [0.4, 0.5) is 0 Å². The summed E-state index contributed by atoms with van der Waals surface area (Å²) in [5, 5.41) is 15.2. The molecular formula is C19H27N7O2S. The highest BCUT2D eigenvalue weighted by Gasteiger charge is 2.18. The number of H-pyrrole nitrogens is 1. The van der Waals surface area contributed by atoms with Gasteiger partial charge in [-0.25, -0.2) is 9.67 Å². The lowest BCUT2D eigenvalue weighted by atomic mass is 10.00. The standard InChI is InChI=1S/C19H27N7O2S/c1-6-26-14(22-23-19(26)29)9-10-20-15(27)8-7-13-11(2)16-17(21-12(13)3)25(4)24-18(16)28-5/h6-10H2,1-5H3,(H,20,27)(H,23,29). The summed E-state index contributed by atoms with van der Waals surface area (Å²) in [6.07, 6.45) is 1.63. The highest BCUT2D eigenvalue weighted by atomic mass is 32.1. The lowest BCUT2D eigenvalue weighted by Crippen LogP contribution is -2.26. The van der Waals surface area contributed by atoms with Crippen molar-refractivity contribution in [2.24, 2.45) is 7.05 Å². The van der Waals surface area contributed by atoms with Crippen LogP contribution in [0.15, 0.2) is 0 Å². The molecule has 0 aliphatic carbocycles. The highest BCUT2D eigenvalue weighted by Crippen LogP contribution is 2.30. The van der Waals surface area contributed by atoms with Crippen LogP contribution in [0.5, 0.6) is 5.88 Å². The van der Waals surface area contributed by atoms with Gasteiger partial charge in [0.05, 0.1) is 12.5 Å². The maximum atomic E-state index is 12.4. The number of hydrogen-bond donors (Lipinski definition) is 2. The number of nitrogens with zero attached hydrogens (tertiary/aromatic N) is 5. The van der Waals surface area contributed by atoms with E-state index in [0.29, 0.717) is 36.5 Å². The number of hydrogen-bond acceptors (Lipinski definition) is 6. The van der Waals surface area contributed by atoms with E-state index in [9.17, 15) is 4.79 Å². The first-order valence-electron chi connectivity index (χ1n) is 9.64. The van der Waals surface area contributed by atoms with Crippen molar-refractivity contribution in [3.8, 4) is 5.88 Å². The second-order valence-electron chi connectivity index (χ2n) is 6.92. The molecule has 3 heterocycles. The number of carbonyl (C=O) groups is 1. The van der Waals surface area contributed by atoms with E-state index < -0.39 is 0 Å². The predicted octanol–water partition coefficient (Wildman–Crippen LogP) is 2.16. The van der Waals surface area contributed by atoms with E-state index in [1.807, 2.05) is 32.4 Å². The lowest BCUT2D eigenvalue weighted by molar-refractivity contribution is -0.121. The molecule has 0 saturated carbocycles. The molecule has 3 aromatic heterocycles. The fourth-order valence-electron chi connectivity index (χ4n) is 3.62. The number of amides is 1. The number of aromatic nitrogens is 6. The number of fused-ring (bicyclic) bond motifs is 1. The number of methoxy groups -OCH3 is 1. The van der Waals surface area contributed by atoms with Crippen LogP contribution in [0, 0.1) is 18.6 Å². The number of aromatic amines is 1. The number of aryl methyl sites for hydroxylation is 3. The Morgan fingerprint density at radius 2 is 2.07 bits per heavy atom. The fraction of sp³-hybridized carbons (Fsp3) is 0.526. The number of ether oxygens (including phenoxy) is 1. The smallest absolute Gasteiger partial charge is 0.242 e. The van der Waals surface area contributed by atoms with Crippen LogP contribution in [0.1, 0.15) is 36.0 Å². The van der Waals surface area contributed by atoms with Crippen LogP contribution >= 0.6 is 12.2 Å². The molecule has 0 unspecified atom stereocenters. The van der Waals surface area contributed by atoms with Gasteiger partial charge in [-0.05, 0) is 50.5 Å². The summed E-state index contributed by atoms with van der Waals surface area (Å²) in [6, 6.07) is 0. The van der Waals surface area contributed by atoms with Gasteiger partial charge in [0.25, 0.3) is 0 Å². The molecule has 0 radical (unpaired) electrons. The van der Waals surface area contributed by atoms with E-state index in [1.54, 1.807) is 11.8 Å². The summed E-state index contributed by atoms with van der Waals surface area (Å²) < 4.78 is 9.65. The Kier molecular flexibility index (Phi) is 6.31. The van der Waals surface area contributed by atoms with Crippen molar-refractivity contribution < 1.29 is 9.53 Å². The molecule has 0 spiro atoms. The molecule has 0 aliphatic rings. The molecule has 0 aromatic carbocycles. The number of rotatable bonds is 8. The van der Waals surface area contributed by atoms with E-state index in [1.165, 1.54) is 0 Å². The second-order valence-corrected chi connectivity index (χ2v) is 7.31. The molecule has 10 heteroatoms. The molecule has 3 aromatic rings. The molecule has 0 saturated heterocycles. The summed E-state index contributed by atoms with van der Waals surface area (Å²) in [6.45, 7) is 7.28. The van der Waals surface area contributed by atoms with Gasteiger partial charge in [0.15, 0.2) is 10.4 Å². The first-order valence-corrected chi connectivity index (χ1v) is 10.1. The van der Waals surface area contributed by atoms with Gasteiger partial charge < -0.3 is 14.6 Å². The molecule has 0 atom stereocenters. The van der Waals surface area contributed by atoms with E-state index in [-0.39, 0.29) is 5.91 Å². The Balaban J connectivity index is 1.64. The van der Waals surface area contributed by atoms with Crippen molar-refractivity contribution in [1.29, 1.82) is 0 Å². The largest absolute Gasteiger partial charge is 0.479 e. The van der Waals surface area contributed by atoms with Crippen LogP contribution in [0.3, 0.4) is 0 Å². The van der Waals surface area contributed by atoms with Gasteiger partial charge in [-0.3, -0.25) is 9.89 Å². The van der Waals surface area contributed by atoms with Crippen LogP contribution in [-0.4, -0.2) is 49.1 Å². The van der Waals surface area contributed by atoms with Crippen LogP contribution in [0.25, 0.3) is 11.0 Å². The minimum atomic E-state index is -0.000713. The SMILES string of the molecule is CCn1c(CCNC(=O)CCc2c(C)nc3c(c(OC)nn3C)c2C)n[nH]c1=S. The van der Waals surface area contributed by atoms with Gasteiger partial charge in [0, 0.05) is 38.7 Å². The summed E-state index contributed by atoms with van der Waals surface area (Å²) in [5.41, 5.74) is 3.82. The third-order valence-corrected chi connectivity index (χ3v) is 5.45. The van der Waals surface area contributed by atoms with Crippen molar-refractivity contribution in [2.45, 2.75) is 46.6 Å². The van der Waals surface area contributed by atoms with Crippen molar-refractivity contribution in [1.82, 2.24) is 34.8 Å². The van der Waals surface area contributed by atoms with Crippen LogP contribution in [0.2, 0.25) is 0 Å². The third kappa shape index (κ3) is 4.16. The second kappa shape index (κ2) is 8.73. The van der Waals surface area contributed by atoms with Crippen molar-refractivity contribution in [3.63, 3.8) is 0 Å². The predicted molar refractivity (Wildman–Crippen MR) is 113 cm³/mol. The van der Waals surface area contributed by atoms with Crippen molar-refractivity contribution in [3.05, 3.63) is 27.4 Å². The van der Waals surface area contributed by atoms with Gasteiger partial charge in [0.2, 0.25) is 11.8 Å². The molecule has 9 nitrogen and oxygen atoms in total. The van der Waals surface area contributed by atoms with Gasteiger partial charge in [-0.2, -0.15) is 5.10 Å². The average Bonchev–Trinajstić information content (AvgIpc) is 3.20. The number of nitrogens with one attached hydrogen (secondary N) is 2. The maximum absolute atomic E-state index is 12.4. The van der Waals surface area contributed by atoms with Crippen LogP contribution in [-0.2, 0) is 31.2 Å². The highest BCUT2D eigenvalue weighted by molar-refractivity contribution is 7.71. The zero-order chi connectivity index (χ0) is 21.1. The Morgan fingerprint density at radius 3 is 2.76 bits per heavy atom. The minimum absolute atomic E-state index is 0.000713. The van der Waals surface area contributed by atoms with E-state index >= 15 is 0 Å². The van der Waals surface area contributed by atoms with Gasteiger partial charge in [0.1, 0.15) is 5.82 Å². The zero-order valence-electron chi connectivity index (χ0n) is 17.5.